The minimum atomic E-state index is 0.440. The van der Waals surface area contributed by atoms with Gasteiger partial charge in [0.1, 0.15) is 11.7 Å². The number of fused-ring (bicyclic) bond motifs is 1. The zero-order chi connectivity index (χ0) is 16.5. The van der Waals surface area contributed by atoms with Gasteiger partial charge in [-0.15, -0.1) is 0 Å². The third-order valence-corrected chi connectivity index (χ3v) is 4.53. The molecule has 1 unspecified atom stereocenters. The Bertz CT molecular complexity index is 901. The second kappa shape index (κ2) is 5.98. The van der Waals surface area contributed by atoms with Crippen molar-refractivity contribution >= 4 is 11.3 Å². The number of aryl methyl sites for hydroxylation is 1. The summed E-state index contributed by atoms with van der Waals surface area (Å²) in [6.07, 6.45) is 8.79. The Morgan fingerprint density at radius 3 is 3.04 bits per heavy atom. The second-order valence-electron chi connectivity index (χ2n) is 6.19. The number of rotatable bonds is 4. The van der Waals surface area contributed by atoms with Gasteiger partial charge in [0, 0.05) is 45.1 Å². The first kappa shape index (κ1) is 14.7. The molecule has 4 heterocycles. The lowest BCUT2D eigenvalue weighted by Gasteiger charge is -2.16. The van der Waals surface area contributed by atoms with E-state index in [2.05, 4.69) is 32.6 Å². The van der Waals surface area contributed by atoms with Crippen molar-refractivity contribution in [3.8, 4) is 6.07 Å². The smallest absolute Gasteiger partial charge is 0.137 e. The van der Waals surface area contributed by atoms with Crippen LogP contribution in [-0.2, 0) is 13.6 Å². The van der Waals surface area contributed by atoms with Crippen LogP contribution in [0, 0.1) is 11.3 Å². The Morgan fingerprint density at radius 1 is 1.33 bits per heavy atom. The van der Waals surface area contributed by atoms with E-state index in [-0.39, 0.29) is 0 Å². The summed E-state index contributed by atoms with van der Waals surface area (Å²) >= 11 is 0. The van der Waals surface area contributed by atoms with Gasteiger partial charge in [-0.3, -0.25) is 4.68 Å². The molecular weight excluding hydrogens is 302 g/mol. The average molecular weight is 321 g/mol. The Kier molecular flexibility index (Phi) is 3.67. The molecule has 1 aliphatic heterocycles. The number of nitrogens with one attached hydrogen (secondary N) is 1. The zero-order valence-electron chi connectivity index (χ0n) is 13.6. The fourth-order valence-corrected chi connectivity index (χ4v) is 3.21. The predicted octanol–water partition coefficient (Wildman–Crippen LogP) is 1.31. The first-order chi connectivity index (χ1) is 11.7. The molecule has 0 aliphatic carbocycles. The number of anilines is 1. The van der Waals surface area contributed by atoms with Crippen molar-refractivity contribution in [1.29, 1.82) is 5.26 Å². The van der Waals surface area contributed by atoms with E-state index in [1.54, 1.807) is 6.07 Å². The first-order valence-corrected chi connectivity index (χ1v) is 8.06. The zero-order valence-corrected chi connectivity index (χ0v) is 13.6. The minimum absolute atomic E-state index is 0.440. The summed E-state index contributed by atoms with van der Waals surface area (Å²) in [7, 11) is 1.94. The first-order valence-electron chi connectivity index (χ1n) is 8.06. The molecule has 0 amide bonds. The van der Waals surface area contributed by atoms with E-state index in [1.165, 1.54) is 5.69 Å². The van der Waals surface area contributed by atoms with Crippen LogP contribution >= 0.6 is 0 Å². The van der Waals surface area contributed by atoms with Crippen molar-refractivity contribution in [1.82, 2.24) is 24.5 Å². The molecule has 122 valence electrons. The largest absolute Gasteiger partial charge is 0.367 e. The molecule has 0 bridgehead atoms. The third-order valence-electron chi connectivity index (χ3n) is 4.53. The number of hydrogen-bond donors (Lipinski definition) is 1. The topological polar surface area (TPSA) is 74.2 Å². The molecule has 4 rings (SSSR count). The molecule has 0 aromatic carbocycles. The van der Waals surface area contributed by atoms with Crippen LogP contribution in [0.15, 0.2) is 36.9 Å². The summed E-state index contributed by atoms with van der Waals surface area (Å²) in [5.41, 5.74) is 3.76. The van der Waals surface area contributed by atoms with Crippen LogP contribution < -0.4 is 10.2 Å². The van der Waals surface area contributed by atoms with Gasteiger partial charge in [-0.1, -0.05) is 0 Å². The number of nitriles is 1. The predicted molar refractivity (Wildman–Crippen MR) is 90.6 cm³/mol. The van der Waals surface area contributed by atoms with Crippen LogP contribution in [0.5, 0.6) is 0 Å². The summed E-state index contributed by atoms with van der Waals surface area (Å²) < 4.78 is 3.82. The SMILES string of the molecule is Cn1cc(N2CCC(NCc3cnc4ccc(C#N)cn34)C2)cn1. The monoisotopic (exact) mass is 321 g/mol. The van der Waals surface area contributed by atoms with E-state index in [1.807, 2.05) is 40.8 Å². The molecule has 24 heavy (non-hydrogen) atoms. The van der Waals surface area contributed by atoms with E-state index in [4.69, 9.17) is 5.26 Å². The Hall–Kier alpha value is -2.85. The van der Waals surface area contributed by atoms with Crippen LogP contribution in [0.2, 0.25) is 0 Å². The van der Waals surface area contributed by atoms with Gasteiger partial charge in [0.2, 0.25) is 0 Å². The van der Waals surface area contributed by atoms with Crippen molar-refractivity contribution < 1.29 is 0 Å². The van der Waals surface area contributed by atoms with Gasteiger partial charge in [0.05, 0.1) is 29.3 Å². The summed E-state index contributed by atoms with van der Waals surface area (Å²) in [5.74, 6) is 0. The van der Waals surface area contributed by atoms with E-state index < -0.39 is 0 Å². The molecule has 3 aromatic rings. The number of nitrogens with zero attached hydrogens (tertiary/aromatic N) is 6. The molecule has 0 spiro atoms. The van der Waals surface area contributed by atoms with E-state index >= 15 is 0 Å². The second-order valence-corrected chi connectivity index (χ2v) is 6.19. The molecule has 7 nitrogen and oxygen atoms in total. The van der Waals surface area contributed by atoms with Crippen LogP contribution in [-0.4, -0.2) is 38.3 Å². The standard InChI is InChI=1S/C17H19N7/c1-22-12-16(9-21-22)23-5-4-14(11-23)19-7-15-8-20-17-3-2-13(6-18)10-24(15)17/h2-3,8-10,12,14,19H,4-5,7,11H2,1H3. The maximum absolute atomic E-state index is 9.06. The molecule has 1 fully saturated rings. The van der Waals surface area contributed by atoms with E-state index in [9.17, 15) is 0 Å². The highest BCUT2D eigenvalue weighted by molar-refractivity contribution is 5.45. The van der Waals surface area contributed by atoms with E-state index in [0.717, 1.165) is 37.4 Å². The molecule has 0 radical (unpaired) electrons. The van der Waals surface area contributed by atoms with Gasteiger partial charge in [-0.05, 0) is 18.6 Å². The van der Waals surface area contributed by atoms with Crippen molar-refractivity contribution in [2.45, 2.75) is 19.0 Å². The summed E-state index contributed by atoms with van der Waals surface area (Å²) in [4.78, 5) is 6.75. The third kappa shape index (κ3) is 2.72. The van der Waals surface area contributed by atoms with Crippen molar-refractivity contribution in [3.05, 3.63) is 48.2 Å². The quantitative estimate of drug-likeness (QED) is 0.784. The van der Waals surface area contributed by atoms with Gasteiger partial charge in [-0.25, -0.2) is 4.98 Å². The van der Waals surface area contributed by atoms with Gasteiger partial charge in [0.25, 0.3) is 0 Å². The maximum atomic E-state index is 9.06. The number of pyridine rings is 1. The van der Waals surface area contributed by atoms with Crippen LogP contribution in [0.25, 0.3) is 5.65 Å². The lowest BCUT2D eigenvalue weighted by atomic mass is 10.2. The highest BCUT2D eigenvalue weighted by atomic mass is 15.3. The van der Waals surface area contributed by atoms with Crippen molar-refractivity contribution in [3.63, 3.8) is 0 Å². The Balaban J connectivity index is 1.42. The van der Waals surface area contributed by atoms with E-state index in [0.29, 0.717) is 11.6 Å². The summed E-state index contributed by atoms with van der Waals surface area (Å²) in [6.45, 7) is 2.75. The molecule has 7 heteroatoms. The molecular formula is C17H19N7. The molecule has 1 saturated heterocycles. The summed E-state index contributed by atoms with van der Waals surface area (Å²) in [6, 6.07) is 6.29. The fraction of sp³-hybridized carbons (Fsp3) is 0.353. The molecule has 1 aliphatic rings. The number of aromatic nitrogens is 4. The average Bonchev–Trinajstić information content (AvgIpc) is 3.31. The maximum Gasteiger partial charge on any atom is 0.137 e. The molecule has 1 atom stereocenters. The van der Waals surface area contributed by atoms with Gasteiger partial charge in [-0.2, -0.15) is 10.4 Å². The van der Waals surface area contributed by atoms with Gasteiger partial charge < -0.3 is 14.6 Å². The Morgan fingerprint density at radius 2 is 2.25 bits per heavy atom. The number of hydrogen-bond acceptors (Lipinski definition) is 5. The minimum Gasteiger partial charge on any atom is -0.367 e. The molecule has 3 aromatic heterocycles. The van der Waals surface area contributed by atoms with Crippen LogP contribution in [0.4, 0.5) is 5.69 Å². The van der Waals surface area contributed by atoms with Gasteiger partial charge in [0.15, 0.2) is 0 Å². The Labute approximate surface area is 140 Å². The normalized spacial score (nSPS) is 17.5. The lowest BCUT2D eigenvalue weighted by molar-refractivity contribution is 0.544. The molecule has 1 N–H and O–H groups in total. The lowest BCUT2D eigenvalue weighted by Crippen LogP contribution is -2.32. The number of imidazole rings is 1. The van der Waals surface area contributed by atoms with Crippen molar-refractivity contribution in [2.24, 2.45) is 7.05 Å². The van der Waals surface area contributed by atoms with Crippen LogP contribution in [0.3, 0.4) is 0 Å². The fourth-order valence-electron chi connectivity index (χ4n) is 3.21. The summed E-state index contributed by atoms with van der Waals surface area (Å²) in [5, 5.41) is 16.9. The highest BCUT2D eigenvalue weighted by Gasteiger charge is 2.23. The van der Waals surface area contributed by atoms with Crippen LogP contribution in [0.1, 0.15) is 17.7 Å². The molecule has 0 saturated carbocycles. The highest BCUT2D eigenvalue weighted by Crippen LogP contribution is 2.19. The van der Waals surface area contributed by atoms with Gasteiger partial charge >= 0.3 is 0 Å². The van der Waals surface area contributed by atoms with Crippen molar-refractivity contribution in [2.75, 3.05) is 18.0 Å².